The number of sulfonamides is 1. The minimum Gasteiger partial charge on any atom is -0.398 e. The molecule has 0 atom stereocenters. The molecule has 0 spiro atoms. The van der Waals surface area contributed by atoms with Gasteiger partial charge in [0.25, 0.3) is 0 Å². The molecule has 7 heteroatoms. The maximum absolute atomic E-state index is 12.7. The highest BCUT2D eigenvalue weighted by Crippen LogP contribution is 2.29. The predicted octanol–water partition coefficient (Wildman–Crippen LogP) is 1.56. The highest BCUT2D eigenvalue weighted by Gasteiger charge is 2.28. The molecule has 5 nitrogen and oxygen atoms in total. The summed E-state index contributed by atoms with van der Waals surface area (Å²) in [5, 5.41) is 0.231. The van der Waals surface area contributed by atoms with Crippen LogP contribution in [0.2, 0.25) is 5.02 Å². The summed E-state index contributed by atoms with van der Waals surface area (Å²) < 4.78 is 26.9. The van der Waals surface area contributed by atoms with Gasteiger partial charge in [0.2, 0.25) is 10.0 Å². The summed E-state index contributed by atoms with van der Waals surface area (Å²) in [7, 11) is -1.59. The summed E-state index contributed by atoms with van der Waals surface area (Å²) in [5.41, 5.74) is 7.05. The molecule has 0 bridgehead atoms. The first-order valence-corrected chi connectivity index (χ1v) is 8.38. The lowest BCUT2D eigenvalue weighted by Crippen LogP contribution is -2.34. The summed E-state index contributed by atoms with van der Waals surface area (Å²) in [4.78, 5) is 2.23. The zero-order chi connectivity index (χ0) is 14.9. The summed E-state index contributed by atoms with van der Waals surface area (Å²) in [6.45, 7) is 4.41. The largest absolute Gasteiger partial charge is 0.398 e. The van der Waals surface area contributed by atoms with E-state index in [4.69, 9.17) is 17.3 Å². The Morgan fingerprint density at radius 2 is 1.90 bits per heavy atom. The fraction of sp³-hybridized carbons (Fsp3) is 0.538. The third kappa shape index (κ3) is 3.09. The molecule has 0 aliphatic carbocycles. The van der Waals surface area contributed by atoms with Gasteiger partial charge in [-0.05, 0) is 44.6 Å². The number of rotatable bonds is 2. The van der Waals surface area contributed by atoms with E-state index in [1.54, 1.807) is 13.0 Å². The summed E-state index contributed by atoms with van der Waals surface area (Å²) >= 11 is 6.10. The molecule has 1 saturated heterocycles. The van der Waals surface area contributed by atoms with Crippen LogP contribution < -0.4 is 5.73 Å². The number of benzene rings is 1. The smallest absolute Gasteiger partial charge is 0.244 e. The van der Waals surface area contributed by atoms with Crippen molar-refractivity contribution >= 4 is 27.3 Å². The van der Waals surface area contributed by atoms with Crippen LogP contribution >= 0.6 is 11.6 Å². The molecule has 20 heavy (non-hydrogen) atoms. The molecule has 112 valence electrons. The lowest BCUT2D eigenvalue weighted by Gasteiger charge is -2.21. The van der Waals surface area contributed by atoms with E-state index in [0.29, 0.717) is 18.8 Å². The SMILES string of the molecule is Cc1cc(Cl)c(S(=O)(=O)N2CCCN(C)CC2)cc1N. The molecule has 1 aliphatic heterocycles. The Bertz CT molecular complexity index is 604. The number of hydrogen-bond donors (Lipinski definition) is 1. The van der Waals surface area contributed by atoms with Gasteiger partial charge in [-0.1, -0.05) is 11.6 Å². The fourth-order valence-electron chi connectivity index (χ4n) is 2.27. The molecule has 1 fully saturated rings. The van der Waals surface area contributed by atoms with Crippen molar-refractivity contribution in [2.75, 3.05) is 39.0 Å². The van der Waals surface area contributed by atoms with Gasteiger partial charge < -0.3 is 10.6 Å². The standard InChI is InChI=1S/C13H20ClN3O2S/c1-10-8-11(14)13(9-12(10)15)20(18,19)17-5-3-4-16(2)6-7-17/h8-9H,3-7,15H2,1-2H3. The Balaban J connectivity index is 2.37. The number of likely N-dealkylation sites (N-methyl/N-ethyl adjacent to an activating group) is 1. The number of nitrogens with two attached hydrogens (primary N) is 1. The zero-order valence-electron chi connectivity index (χ0n) is 11.8. The molecule has 1 aliphatic rings. The molecule has 0 amide bonds. The van der Waals surface area contributed by atoms with Gasteiger partial charge in [0, 0.05) is 25.3 Å². The maximum Gasteiger partial charge on any atom is 0.244 e. The fourth-order valence-corrected chi connectivity index (χ4v) is 4.33. The molecule has 2 N–H and O–H groups in total. The molecule has 0 saturated carbocycles. The second-order valence-electron chi connectivity index (χ2n) is 5.20. The Morgan fingerprint density at radius 1 is 1.20 bits per heavy atom. The van der Waals surface area contributed by atoms with Gasteiger partial charge in [0.15, 0.2) is 0 Å². The lowest BCUT2D eigenvalue weighted by atomic mass is 10.2. The van der Waals surface area contributed by atoms with Crippen molar-refractivity contribution in [2.24, 2.45) is 0 Å². The van der Waals surface area contributed by atoms with Crippen molar-refractivity contribution in [1.29, 1.82) is 0 Å². The Morgan fingerprint density at radius 3 is 2.60 bits per heavy atom. The van der Waals surface area contributed by atoms with Crippen LogP contribution in [-0.4, -0.2) is 50.8 Å². The number of aryl methyl sites for hydroxylation is 1. The highest BCUT2D eigenvalue weighted by atomic mass is 35.5. The normalized spacial score (nSPS) is 18.9. The van der Waals surface area contributed by atoms with Crippen molar-refractivity contribution in [3.05, 3.63) is 22.7 Å². The second-order valence-corrected chi connectivity index (χ2v) is 7.51. The lowest BCUT2D eigenvalue weighted by molar-refractivity contribution is 0.347. The minimum atomic E-state index is -3.58. The van der Waals surface area contributed by atoms with Crippen LogP contribution in [0, 0.1) is 6.92 Å². The zero-order valence-corrected chi connectivity index (χ0v) is 13.3. The van der Waals surface area contributed by atoms with E-state index < -0.39 is 10.0 Å². The van der Waals surface area contributed by atoms with Crippen molar-refractivity contribution in [3.8, 4) is 0 Å². The van der Waals surface area contributed by atoms with Crippen molar-refractivity contribution < 1.29 is 8.42 Å². The monoisotopic (exact) mass is 317 g/mol. The molecule has 0 radical (unpaired) electrons. The minimum absolute atomic E-state index is 0.104. The quantitative estimate of drug-likeness (QED) is 0.841. The van der Waals surface area contributed by atoms with Crippen LogP contribution in [0.4, 0.5) is 5.69 Å². The molecular formula is C13H20ClN3O2S. The first kappa shape index (κ1) is 15.6. The van der Waals surface area contributed by atoms with Gasteiger partial charge in [-0.2, -0.15) is 4.31 Å². The molecule has 1 aromatic carbocycles. The molecule has 2 rings (SSSR count). The van der Waals surface area contributed by atoms with E-state index in [1.807, 2.05) is 7.05 Å². The van der Waals surface area contributed by atoms with Crippen LogP contribution in [0.5, 0.6) is 0 Å². The average Bonchev–Trinajstić information content (AvgIpc) is 2.59. The average molecular weight is 318 g/mol. The number of hydrogen-bond acceptors (Lipinski definition) is 4. The molecule has 1 heterocycles. The molecule has 0 unspecified atom stereocenters. The van der Waals surface area contributed by atoms with Gasteiger partial charge in [-0.3, -0.25) is 0 Å². The highest BCUT2D eigenvalue weighted by molar-refractivity contribution is 7.89. The number of halogens is 1. The number of nitrogen functional groups attached to an aromatic ring is 1. The van der Waals surface area contributed by atoms with E-state index in [0.717, 1.165) is 25.1 Å². The van der Waals surface area contributed by atoms with Crippen LogP contribution in [0.25, 0.3) is 0 Å². The van der Waals surface area contributed by atoms with E-state index in [9.17, 15) is 8.42 Å². The van der Waals surface area contributed by atoms with Gasteiger partial charge in [-0.25, -0.2) is 8.42 Å². The third-order valence-corrected chi connectivity index (χ3v) is 5.98. The Kier molecular flexibility index (Phi) is 4.59. The van der Waals surface area contributed by atoms with E-state index in [2.05, 4.69) is 4.90 Å². The molecular weight excluding hydrogens is 298 g/mol. The summed E-state index contributed by atoms with van der Waals surface area (Å²) in [6, 6.07) is 3.06. The Labute approximate surface area is 125 Å². The van der Waals surface area contributed by atoms with Crippen LogP contribution in [0.3, 0.4) is 0 Å². The van der Waals surface area contributed by atoms with Gasteiger partial charge in [0.05, 0.1) is 5.02 Å². The summed E-state index contributed by atoms with van der Waals surface area (Å²) in [6.07, 6.45) is 0.814. The van der Waals surface area contributed by atoms with Gasteiger partial charge in [-0.15, -0.1) is 0 Å². The second kappa shape index (κ2) is 5.89. The van der Waals surface area contributed by atoms with Crippen molar-refractivity contribution in [2.45, 2.75) is 18.2 Å². The first-order chi connectivity index (χ1) is 9.32. The Hall–Kier alpha value is -0.820. The van der Waals surface area contributed by atoms with Gasteiger partial charge >= 0.3 is 0 Å². The first-order valence-electron chi connectivity index (χ1n) is 6.56. The number of anilines is 1. The topological polar surface area (TPSA) is 66.6 Å². The van der Waals surface area contributed by atoms with Crippen LogP contribution in [0.15, 0.2) is 17.0 Å². The van der Waals surface area contributed by atoms with Crippen molar-refractivity contribution in [3.63, 3.8) is 0 Å². The van der Waals surface area contributed by atoms with E-state index >= 15 is 0 Å². The van der Waals surface area contributed by atoms with E-state index in [-0.39, 0.29) is 9.92 Å². The van der Waals surface area contributed by atoms with E-state index in [1.165, 1.54) is 10.4 Å². The number of nitrogens with zero attached hydrogens (tertiary/aromatic N) is 2. The predicted molar refractivity (Wildman–Crippen MR) is 81.5 cm³/mol. The molecule has 0 aromatic heterocycles. The van der Waals surface area contributed by atoms with Crippen molar-refractivity contribution in [1.82, 2.24) is 9.21 Å². The van der Waals surface area contributed by atoms with Crippen LogP contribution in [-0.2, 0) is 10.0 Å². The van der Waals surface area contributed by atoms with Gasteiger partial charge in [0.1, 0.15) is 4.90 Å². The van der Waals surface area contributed by atoms with Crippen LogP contribution in [0.1, 0.15) is 12.0 Å². The maximum atomic E-state index is 12.7. The third-order valence-electron chi connectivity index (χ3n) is 3.62. The summed E-state index contributed by atoms with van der Waals surface area (Å²) in [5.74, 6) is 0. The molecule has 1 aromatic rings.